The van der Waals surface area contributed by atoms with Crippen molar-refractivity contribution in [1.29, 1.82) is 0 Å². The van der Waals surface area contributed by atoms with Crippen molar-refractivity contribution in [2.24, 2.45) is 0 Å². The standard InChI is InChI=1S/C9H8N2OS/c1-6(12)11-8-5-13-9-4-10-3-2-7(8)9/h2-5H,1H3,(H,11,12). The topological polar surface area (TPSA) is 42.0 Å². The fraction of sp³-hybridized carbons (Fsp3) is 0.111. The van der Waals surface area contributed by atoms with E-state index in [0.717, 1.165) is 15.8 Å². The van der Waals surface area contributed by atoms with Gasteiger partial charge in [-0.15, -0.1) is 11.3 Å². The minimum absolute atomic E-state index is 0.0449. The van der Waals surface area contributed by atoms with Gasteiger partial charge in [-0.2, -0.15) is 0 Å². The molecule has 0 aromatic carbocycles. The van der Waals surface area contributed by atoms with Crippen molar-refractivity contribution in [3.63, 3.8) is 0 Å². The Morgan fingerprint density at radius 3 is 3.23 bits per heavy atom. The van der Waals surface area contributed by atoms with Crippen molar-refractivity contribution in [2.45, 2.75) is 6.92 Å². The van der Waals surface area contributed by atoms with E-state index in [9.17, 15) is 4.79 Å². The van der Waals surface area contributed by atoms with E-state index in [4.69, 9.17) is 0 Å². The zero-order valence-electron chi connectivity index (χ0n) is 7.07. The predicted molar refractivity (Wildman–Crippen MR) is 53.9 cm³/mol. The first-order valence-electron chi connectivity index (χ1n) is 3.86. The molecule has 0 aliphatic rings. The number of fused-ring (bicyclic) bond motifs is 1. The van der Waals surface area contributed by atoms with Crippen LogP contribution in [0.3, 0.4) is 0 Å². The first kappa shape index (κ1) is 8.19. The fourth-order valence-corrected chi connectivity index (χ4v) is 2.03. The van der Waals surface area contributed by atoms with Gasteiger partial charge in [-0.1, -0.05) is 0 Å². The van der Waals surface area contributed by atoms with Crippen LogP contribution in [0.15, 0.2) is 23.8 Å². The van der Waals surface area contributed by atoms with E-state index in [1.807, 2.05) is 11.4 Å². The van der Waals surface area contributed by atoms with Crippen molar-refractivity contribution in [2.75, 3.05) is 5.32 Å². The smallest absolute Gasteiger partial charge is 0.221 e. The minimum atomic E-state index is -0.0449. The Morgan fingerprint density at radius 2 is 2.46 bits per heavy atom. The lowest BCUT2D eigenvalue weighted by atomic mass is 10.3. The molecule has 0 aliphatic heterocycles. The molecule has 0 unspecified atom stereocenters. The average molecular weight is 192 g/mol. The van der Waals surface area contributed by atoms with E-state index in [2.05, 4.69) is 10.3 Å². The Labute approximate surface area is 79.4 Å². The number of amides is 1. The molecule has 0 radical (unpaired) electrons. The van der Waals surface area contributed by atoms with Gasteiger partial charge in [0, 0.05) is 30.1 Å². The minimum Gasteiger partial charge on any atom is -0.325 e. The Morgan fingerprint density at radius 1 is 1.62 bits per heavy atom. The fourth-order valence-electron chi connectivity index (χ4n) is 1.17. The van der Waals surface area contributed by atoms with Crippen LogP contribution in [0.5, 0.6) is 0 Å². The summed E-state index contributed by atoms with van der Waals surface area (Å²) in [5, 5.41) is 5.75. The zero-order chi connectivity index (χ0) is 9.26. The predicted octanol–water partition coefficient (Wildman–Crippen LogP) is 2.25. The van der Waals surface area contributed by atoms with Crippen LogP contribution < -0.4 is 5.32 Å². The molecule has 2 aromatic rings. The van der Waals surface area contributed by atoms with E-state index in [1.165, 1.54) is 6.92 Å². The molecule has 13 heavy (non-hydrogen) atoms. The number of hydrogen-bond donors (Lipinski definition) is 1. The molecule has 2 rings (SSSR count). The summed E-state index contributed by atoms with van der Waals surface area (Å²) < 4.78 is 1.09. The summed E-state index contributed by atoms with van der Waals surface area (Å²) >= 11 is 1.58. The van der Waals surface area contributed by atoms with E-state index < -0.39 is 0 Å². The summed E-state index contributed by atoms with van der Waals surface area (Å²) in [6.45, 7) is 1.50. The normalized spacial score (nSPS) is 10.2. The highest BCUT2D eigenvalue weighted by molar-refractivity contribution is 7.17. The Kier molecular flexibility index (Phi) is 1.98. The molecule has 1 N–H and O–H groups in total. The molecule has 66 valence electrons. The van der Waals surface area contributed by atoms with Gasteiger partial charge >= 0.3 is 0 Å². The number of thiophene rings is 1. The molecule has 1 amide bonds. The number of hydrogen-bond acceptors (Lipinski definition) is 3. The van der Waals surface area contributed by atoms with E-state index >= 15 is 0 Å². The molecule has 0 aliphatic carbocycles. The maximum absolute atomic E-state index is 10.8. The lowest BCUT2D eigenvalue weighted by molar-refractivity contribution is -0.114. The van der Waals surface area contributed by atoms with Crippen molar-refractivity contribution < 1.29 is 4.79 Å². The summed E-state index contributed by atoms with van der Waals surface area (Å²) in [7, 11) is 0. The summed E-state index contributed by atoms with van der Waals surface area (Å²) in [5.74, 6) is -0.0449. The first-order chi connectivity index (χ1) is 6.27. The Hall–Kier alpha value is -1.42. The van der Waals surface area contributed by atoms with E-state index in [-0.39, 0.29) is 5.91 Å². The number of carbonyl (C=O) groups excluding carboxylic acids is 1. The molecular weight excluding hydrogens is 184 g/mol. The maximum atomic E-state index is 10.8. The van der Waals surface area contributed by atoms with Crippen LogP contribution >= 0.6 is 11.3 Å². The summed E-state index contributed by atoms with van der Waals surface area (Å²) in [6, 6.07) is 1.90. The van der Waals surface area contributed by atoms with Gasteiger partial charge in [0.1, 0.15) is 0 Å². The number of carbonyl (C=O) groups is 1. The lowest BCUT2D eigenvalue weighted by Crippen LogP contribution is -2.04. The molecule has 0 atom stereocenters. The van der Waals surface area contributed by atoms with Crippen LogP contribution in [0.2, 0.25) is 0 Å². The lowest BCUT2D eigenvalue weighted by Gasteiger charge is -1.97. The highest BCUT2D eigenvalue weighted by atomic mass is 32.1. The van der Waals surface area contributed by atoms with Gasteiger partial charge in [0.25, 0.3) is 0 Å². The third-order valence-electron chi connectivity index (χ3n) is 1.69. The van der Waals surface area contributed by atoms with Crippen LogP contribution in [-0.4, -0.2) is 10.9 Å². The molecule has 0 saturated carbocycles. The van der Waals surface area contributed by atoms with Crippen molar-refractivity contribution in [3.05, 3.63) is 23.8 Å². The van der Waals surface area contributed by atoms with Crippen molar-refractivity contribution in [1.82, 2.24) is 4.98 Å². The SMILES string of the molecule is CC(=O)Nc1csc2cnccc12. The van der Waals surface area contributed by atoms with E-state index in [1.54, 1.807) is 23.7 Å². The quantitative estimate of drug-likeness (QED) is 0.753. The molecule has 0 fully saturated rings. The molecule has 2 heterocycles. The van der Waals surface area contributed by atoms with Crippen LogP contribution in [0.4, 0.5) is 5.69 Å². The van der Waals surface area contributed by atoms with Gasteiger partial charge in [0.2, 0.25) is 5.91 Å². The van der Waals surface area contributed by atoms with Gasteiger partial charge in [-0.05, 0) is 6.07 Å². The average Bonchev–Trinajstić information content (AvgIpc) is 2.48. The molecule has 0 saturated heterocycles. The van der Waals surface area contributed by atoms with Crippen LogP contribution in [0.1, 0.15) is 6.92 Å². The molecule has 4 heteroatoms. The first-order valence-corrected chi connectivity index (χ1v) is 4.74. The third kappa shape index (κ3) is 1.53. The molecular formula is C9H8N2OS. The van der Waals surface area contributed by atoms with Gasteiger partial charge < -0.3 is 5.32 Å². The van der Waals surface area contributed by atoms with Gasteiger partial charge in [-0.25, -0.2) is 0 Å². The number of nitrogens with one attached hydrogen (secondary N) is 1. The van der Waals surface area contributed by atoms with Crippen LogP contribution in [-0.2, 0) is 4.79 Å². The maximum Gasteiger partial charge on any atom is 0.221 e. The number of anilines is 1. The number of aromatic nitrogens is 1. The molecule has 0 spiro atoms. The van der Waals surface area contributed by atoms with Gasteiger partial charge in [0.05, 0.1) is 10.4 Å². The number of pyridine rings is 1. The second-order valence-corrected chi connectivity index (χ2v) is 3.61. The summed E-state index contributed by atoms with van der Waals surface area (Å²) in [4.78, 5) is 14.8. The molecule has 2 aromatic heterocycles. The summed E-state index contributed by atoms with van der Waals surface area (Å²) in [5.41, 5.74) is 0.870. The van der Waals surface area contributed by atoms with Crippen molar-refractivity contribution >= 4 is 33.0 Å². The van der Waals surface area contributed by atoms with Crippen LogP contribution in [0.25, 0.3) is 10.1 Å². The van der Waals surface area contributed by atoms with Gasteiger partial charge in [-0.3, -0.25) is 9.78 Å². The monoisotopic (exact) mass is 192 g/mol. The highest BCUT2D eigenvalue weighted by Crippen LogP contribution is 2.28. The van der Waals surface area contributed by atoms with Gasteiger partial charge in [0.15, 0.2) is 0 Å². The highest BCUT2D eigenvalue weighted by Gasteiger charge is 2.03. The Bertz CT molecular complexity index is 450. The third-order valence-corrected chi connectivity index (χ3v) is 2.62. The summed E-state index contributed by atoms with van der Waals surface area (Å²) in [6.07, 6.45) is 3.52. The second kappa shape index (κ2) is 3.14. The number of rotatable bonds is 1. The van der Waals surface area contributed by atoms with Crippen LogP contribution in [0, 0.1) is 0 Å². The van der Waals surface area contributed by atoms with E-state index in [0.29, 0.717) is 0 Å². The largest absolute Gasteiger partial charge is 0.325 e. The molecule has 0 bridgehead atoms. The second-order valence-electron chi connectivity index (χ2n) is 2.70. The zero-order valence-corrected chi connectivity index (χ0v) is 7.89. The van der Waals surface area contributed by atoms with Crippen molar-refractivity contribution in [3.8, 4) is 0 Å². The Balaban J connectivity index is 2.51. The number of nitrogens with zero attached hydrogens (tertiary/aromatic N) is 1. The molecule has 3 nitrogen and oxygen atoms in total.